The molecule has 5 heteroatoms. The third-order valence-corrected chi connectivity index (χ3v) is 3.79. The molecule has 1 aromatic carbocycles. The van der Waals surface area contributed by atoms with E-state index in [4.69, 9.17) is 9.68 Å². The first kappa shape index (κ1) is 16.3. The lowest BCUT2D eigenvalue weighted by atomic mass is 10.1. The molecule has 0 fully saturated rings. The van der Waals surface area contributed by atoms with Crippen molar-refractivity contribution in [2.75, 3.05) is 6.54 Å². The van der Waals surface area contributed by atoms with Crippen LogP contribution in [0.5, 0.6) is 0 Å². The number of benzene rings is 1. The van der Waals surface area contributed by atoms with E-state index in [0.717, 1.165) is 16.5 Å². The molecule has 0 aliphatic carbocycles. The van der Waals surface area contributed by atoms with Gasteiger partial charge in [-0.25, -0.2) is 0 Å². The molecule has 2 heterocycles. The number of para-hydroxylation sites is 1. The lowest BCUT2D eigenvalue weighted by Crippen LogP contribution is -2.26. The topological polar surface area (TPSA) is 81.8 Å². The number of nitrogens with one attached hydrogen (secondary N) is 2. The maximum atomic E-state index is 12.1. The van der Waals surface area contributed by atoms with E-state index in [1.807, 2.05) is 36.5 Å². The highest BCUT2D eigenvalue weighted by Crippen LogP contribution is 2.17. The molecule has 0 saturated heterocycles. The Bertz CT molecular complexity index is 956. The molecule has 25 heavy (non-hydrogen) atoms. The van der Waals surface area contributed by atoms with E-state index in [0.29, 0.717) is 18.7 Å². The van der Waals surface area contributed by atoms with Crippen molar-refractivity contribution in [2.24, 2.45) is 0 Å². The summed E-state index contributed by atoms with van der Waals surface area (Å²) in [6.45, 7) is 0.460. The summed E-state index contributed by atoms with van der Waals surface area (Å²) < 4.78 is 5.15. The van der Waals surface area contributed by atoms with Crippen molar-refractivity contribution in [3.05, 3.63) is 77.9 Å². The largest absolute Gasteiger partial charge is 0.465 e. The summed E-state index contributed by atoms with van der Waals surface area (Å²) >= 11 is 0. The van der Waals surface area contributed by atoms with Crippen molar-refractivity contribution >= 4 is 22.9 Å². The van der Waals surface area contributed by atoms with Gasteiger partial charge in [-0.15, -0.1) is 0 Å². The lowest BCUT2D eigenvalue weighted by molar-refractivity contribution is -0.117. The maximum absolute atomic E-state index is 12.1. The number of fused-ring (bicyclic) bond motifs is 1. The van der Waals surface area contributed by atoms with Gasteiger partial charge in [-0.1, -0.05) is 24.3 Å². The highest BCUT2D eigenvalue weighted by molar-refractivity contribution is 5.97. The summed E-state index contributed by atoms with van der Waals surface area (Å²) in [5.41, 5.74) is 2.27. The molecule has 2 N–H and O–H groups in total. The second-order valence-corrected chi connectivity index (χ2v) is 5.43. The van der Waals surface area contributed by atoms with Gasteiger partial charge in [-0.3, -0.25) is 4.79 Å². The fourth-order valence-corrected chi connectivity index (χ4v) is 2.53. The van der Waals surface area contributed by atoms with Crippen molar-refractivity contribution in [3.63, 3.8) is 0 Å². The number of hydrogen-bond acceptors (Lipinski definition) is 3. The predicted molar refractivity (Wildman–Crippen MR) is 96.5 cm³/mol. The summed E-state index contributed by atoms with van der Waals surface area (Å²) in [6.07, 6.45) is 8.99. The van der Waals surface area contributed by atoms with E-state index < -0.39 is 0 Å². The van der Waals surface area contributed by atoms with Crippen LogP contribution in [-0.4, -0.2) is 17.4 Å². The number of nitrogens with zero attached hydrogens (tertiary/aromatic N) is 1. The second-order valence-electron chi connectivity index (χ2n) is 5.43. The van der Waals surface area contributed by atoms with Crippen LogP contribution in [0.2, 0.25) is 0 Å². The summed E-state index contributed by atoms with van der Waals surface area (Å²) in [5, 5.41) is 13.1. The molecule has 0 bridgehead atoms. The van der Waals surface area contributed by atoms with Crippen molar-refractivity contribution in [3.8, 4) is 6.07 Å². The third kappa shape index (κ3) is 4.06. The highest BCUT2D eigenvalue weighted by Gasteiger charge is 2.08. The molecule has 124 valence electrons. The van der Waals surface area contributed by atoms with Crippen LogP contribution in [0.3, 0.4) is 0 Å². The molecule has 0 unspecified atom stereocenters. The average molecular weight is 331 g/mol. The molecule has 3 rings (SSSR count). The SMILES string of the molecule is N#C/C(=C/C=C/c1ccco1)C(=O)NCCc1c[nH]c2ccccc12. The minimum atomic E-state index is -0.383. The standard InChI is InChI=1S/C20H17N3O2/c21-13-15(5-3-6-17-7-4-12-25-17)20(24)22-11-10-16-14-23-19-9-2-1-8-18(16)19/h1-9,12,14,23H,10-11H2,(H,22,24)/b6-3+,15-5-. The quantitative estimate of drug-likeness (QED) is 0.411. The number of furan rings is 1. The fourth-order valence-electron chi connectivity index (χ4n) is 2.53. The molecule has 1 amide bonds. The number of carbonyl (C=O) groups excluding carboxylic acids is 1. The number of aromatic nitrogens is 1. The number of nitriles is 1. The van der Waals surface area contributed by atoms with Gasteiger partial charge in [0.1, 0.15) is 17.4 Å². The van der Waals surface area contributed by atoms with E-state index in [2.05, 4.69) is 10.3 Å². The van der Waals surface area contributed by atoms with Crippen LogP contribution in [0.15, 0.2) is 71.0 Å². The molecular formula is C20H17N3O2. The third-order valence-electron chi connectivity index (χ3n) is 3.79. The van der Waals surface area contributed by atoms with Crippen LogP contribution < -0.4 is 5.32 Å². The van der Waals surface area contributed by atoms with Crippen LogP contribution in [0.1, 0.15) is 11.3 Å². The zero-order chi connectivity index (χ0) is 17.5. The normalized spacial score (nSPS) is 11.7. The van der Waals surface area contributed by atoms with Crippen molar-refractivity contribution in [1.82, 2.24) is 10.3 Å². The highest BCUT2D eigenvalue weighted by atomic mass is 16.3. The molecule has 0 radical (unpaired) electrons. The smallest absolute Gasteiger partial charge is 0.261 e. The Hall–Kier alpha value is -3.52. The first-order valence-electron chi connectivity index (χ1n) is 7.93. The molecule has 3 aromatic rings. The van der Waals surface area contributed by atoms with Crippen LogP contribution in [0, 0.1) is 11.3 Å². The van der Waals surface area contributed by atoms with E-state index in [1.165, 1.54) is 6.08 Å². The number of aromatic amines is 1. The van der Waals surface area contributed by atoms with Gasteiger partial charge in [0, 0.05) is 23.6 Å². The first-order valence-corrected chi connectivity index (χ1v) is 7.93. The summed E-state index contributed by atoms with van der Waals surface area (Å²) in [7, 11) is 0. The van der Waals surface area contributed by atoms with Gasteiger partial charge in [0.15, 0.2) is 0 Å². The van der Waals surface area contributed by atoms with Crippen molar-refractivity contribution in [1.29, 1.82) is 5.26 Å². The van der Waals surface area contributed by atoms with Gasteiger partial charge < -0.3 is 14.7 Å². The Morgan fingerprint density at radius 3 is 2.96 bits per heavy atom. The van der Waals surface area contributed by atoms with Crippen LogP contribution in [0.25, 0.3) is 17.0 Å². The van der Waals surface area contributed by atoms with Crippen molar-refractivity contribution < 1.29 is 9.21 Å². The lowest BCUT2D eigenvalue weighted by Gasteiger charge is -2.03. The molecule has 0 atom stereocenters. The van der Waals surface area contributed by atoms with E-state index in [-0.39, 0.29) is 11.5 Å². The molecule has 2 aromatic heterocycles. The van der Waals surface area contributed by atoms with Gasteiger partial charge in [0.2, 0.25) is 0 Å². The van der Waals surface area contributed by atoms with E-state index in [1.54, 1.807) is 30.5 Å². The van der Waals surface area contributed by atoms with Gasteiger partial charge in [-0.05, 0) is 42.3 Å². The fraction of sp³-hybridized carbons (Fsp3) is 0.100. The Morgan fingerprint density at radius 2 is 2.16 bits per heavy atom. The van der Waals surface area contributed by atoms with E-state index >= 15 is 0 Å². The number of hydrogen-bond donors (Lipinski definition) is 2. The van der Waals surface area contributed by atoms with E-state index in [9.17, 15) is 4.79 Å². The number of allylic oxidation sites excluding steroid dienone is 2. The van der Waals surface area contributed by atoms with Gasteiger partial charge in [0.05, 0.1) is 6.26 Å². The van der Waals surface area contributed by atoms with Crippen LogP contribution in [0.4, 0.5) is 0 Å². The van der Waals surface area contributed by atoms with Crippen molar-refractivity contribution in [2.45, 2.75) is 6.42 Å². The summed E-state index contributed by atoms with van der Waals surface area (Å²) in [5.74, 6) is 0.278. The van der Waals surface area contributed by atoms with Gasteiger partial charge in [0.25, 0.3) is 5.91 Å². The first-order chi connectivity index (χ1) is 12.3. The predicted octanol–water partition coefficient (Wildman–Crippen LogP) is 3.58. The van der Waals surface area contributed by atoms with Gasteiger partial charge in [-0.2, -0.15) is 5.26 Å². The number of H-pyrrole nitrogens is 1. The molecule has 5 nitrogen and oxygen atoms in total. The zero-order valence-electron chi connectivity index (χ0n) is 13.5. The molecule has 0 aliphatic rings. The Kier molecular flexibility index (Phi) is 5.13. The Balaban J connectivity index is 1.56. The Labute approximate surface area is 145 Å². The molecule has 0 spiro atoms. The molecule has 0 saturated carbocycles. The van der Waals surface area contributed by atoms with Gasteiger partial charge >= 0.3 is 0 Å². The maximum Gasteiger partial charge on any atom is 0.261 e. The van der Waals surface area contributed by atoms with Crippen LogP contribution in [-0.2, 0) is 11.2 Å². The second kappa shape index (κ2) is 7.84. The molecule has 0 aliphatic heterocycles. The molecular weight excluding hydrogens is 314 g/mol. The zero-order valence-corrected chi connectivity index (χ0v) is 13.5. The Morgan fingerprint density at radius 1 is 1.28 bits per heavy atom. The minimum Gasteiger partial charge on any atom is -0.465 e. The summed E-state index contributed by atoms with van der Waals surface area (Å²) in [6, 6.07) is 13.5. The average Bonchev–Trinajstić information content (AvgIpc) is 3.29. The monoisotopic (exact) mass is 331 g/mol. The number of amides is 1. The number of carbonyl (C=O) groups is 1. The van der Waals surface area contributed by atoms with Crippen LogP contribution >= 0.6 is 0 Å². The minimum absolute atomic E-state index is 0.0572. The number of rotatable bonds is 6. The summed E-state index contributed by atoms with van der Waals surface area (Å²) in [4.78, 5) is 15.3.